The van der Waals surface area contributed by atoms with E-state index in [4.69, 9.17) is 0 Å². The summed E-state index contributed by atoms with van der Waals surface area (Å²) in [7, 11) is 1.97. The molecule has 0 aromatic carbocycles. The first-order valence-electron chi connectivity index (χ1n) is 3.97. The summed E-state index contributed by atoms with van der Waals surface area (Å²) in [6.45, 7) is 1.06. The lowest BCUT2D eigenvalue weighted by atomic mass is 10.5. The van der Waals surface area contributed by atoms with Crippen molar-refractivity contribution in [3.8, 4) is 0 Å². The Morgan fingerprint density at radius 2 is 2.42 bits per heavy atom. The maximum absolute atomic E-state index is 4.16. The summed E-state index contributed by atoms with van der Waals surface area (Å²) in [5.74, 6) is 1.10. The van der Waals surface area contributed by atoms with Gasteiger partial charge in [0.15, 0.2) is 0 Å². The van der Waals surface area contributed by atoms with E-state index in [0.717, 1.165) is 23.7 Å². The predicted molar refractivity (Wildman–Crippen MR) is 51.3 cm³/mol. The molecule has 0 saturated carbocycles. The van der Waals surface area contributed by atoms with Gasteiger partial charge in [0.05, 0.1) is 6.20 Å². The monoisotopic (exact) mass is 183 g/mol. The van der Waals surface area contributed by atoms with Crippen LogP contribution >= 0.6 is 11.8 Å². The molecule has 0 aliphatic carbocycles. The lowest BCUT2D eigenvalue weighted by Crippen LogP contribution is -2.08. The summed E-state index contributed by atoms with van der Waals surface area (Å²) >= 11 is 1.75. The summed E-state index contributed by atoms with van der Waals surface area (Å²) in [6.07, 6.45) is 6.37. The van der Waals surface area contributed by atoms with Crippen molar-refractivity contribution in [1.82, 2.24) is 15.3 Å². The summed E-state index contributed by atoms with van der Waals surface area (Å²) in [6, 6.07) is 0. The van der Waals surface area contributed by atoms with Gasteiger partial charge in [-0.05, 0) is 20.0 Å². The molecule has 0 unspecified atom stereocenters. The van der Waals surface area contributed by atoms with E-state index in [2.05, 4.69) is 15.3 Å². The quantitative estimate of drug-likeness (QED) is 0.549. The molecular formula is C8H13N3S. The van der Waals surface area contributed by atoms with Gasteiger partial charge in [-0.15, -0.1) is 11.8 Å². The van der Waals surface area contributed by atoms with E-state index in [9.17, 15) is 0 Å². The van der Waals surface area contributed by atoms with Crippen molar-refractivity contribution in [3.63, 3.8) is 0 Å². The number of nitrogens with one attached hydrogen (secondary N) is 1. The van der Waals surface area contributed by atoms with Gasteiger partial charge < -0.3 is 5.32 Å². The van der Waals surface area contributed by atoms with Crippen LogP contribution in [0.1, 0.15) is 6.42 Å². The molecule has 0 radical (unpaired) electrons. The molecule has 12 heavy (non-hydrogen) atoms. The van der Waals surface area contributed by atoms with Crippen LogP contribution in [-0.4, -0.2) is 29.3 Å². The van der Waals surface area contributed by atoms with E-state index < -0.39 is 0 Å². The van der Waals surface area contributed by atoms with Crippen LogP contribution in [0.3, 0.4) is 0 Å². The van der Waals surface area contributed by atoms with Gasteiger partial charge in [-0.25, -0.2) is 4.98 Å². The predicted octanol–water partition coefficient (Wildman–Crippen LogP) is 1.18. The summed E-state index contributed by atoms with van der Waals surface area (Å²) in [5, 5.41) is 4.11. The van der Waals surface area contributed by atoms with Crippen LogP contribution in [0.15, 0.2) is 23.6 Å². The zero-order chi connectivity index (χ0) is 8.65. The first-order valence-corrected chi connectivity index (χ1v) is 4.95. The van der Waals surface area contributed by atoms with Gasteiger partial charge in [0, 0.05) is 18.1 Å². The van der Waals surface area contributed by atoms with Gasteiger partial charge in [-0.1, -0.05) is 0 Å². The minimum atomic E-state index is 1.01. The standard InChI is InChI=1S/C8H13N3S/c1-9-3-2-6-12-8-7-10-4-5-11-8/h4-5,7,9H,2-3,6H2,1H3. The normalized spacial score (nSPS) is 10.1. The highest BCUT2D eigenvalue weighted by Crippen LogP contribution is 2.12. The zero-order valence-corrected chi connectivity index (χ0v) is 7.97. The average Bonchev–Trinajstić information content (AvgIpc) is 2.14. The lowest BCUT2D eigenvalue weighted by molar-refractivity contribution is 0.777. The first kappa shape index (κ1) is 9.48. The first-order chi connectivity index (χ1) is 5.93. The summed E-state index contributed by atoms with van der Waals surface area (Å²) < 4.78 is 0. The van der Waals surface area contributed by atoms with Crippen molar-refractivity contribution >= 4 is 11.8 Å². The van der Waals surface area contributed by atoms with Gasteiger partial charge in [0.1, 0.15) is 5.03 Å². The number of rotatable bonds is 5. The zero-order valence-electron chi connectivity index (χ0n) is 7.16. The fourth-order valence-electron chi connectivity index (χ4n) is 0.786. The second kappa shape index (κ2) is 5.97. The fraction of sp³-hybridized carbons (Fsp3) is 0.500. The average molecular weight is 183 g/mol. The van der Waals surface area contributed by atoms with Crippen LogP contribution in [0.25, 0.3) is 0 Å². The smallest absolute Gasteiger partial charge is 0.114 e. The molecule has 66 valence electrons. The summed E-state index contributed by atoms with van der Waals surface area (Å²) in [4.78, 5) is 8.14. The Morgan fingerprint density at radius 1 is 1.50 bits per heavy atom. The fourth-order valence-corrected chi connectivity index (χ4v) is 1.55. The van der Waals surface area contributed by atoms with Gasteiger partial charge in [-0.3, -0.25) is 4.98 Å². The Hall–Kier alpha value is -0.610. The Kier molecular flexibility index (Phi) is 4.71. The number of hydrogen-bond acceptors (Lipinski definition) is 4. The minimum Gasteiger partial charge on any atom is -0.320 e. The second-order valence-electron chi connectivity index (χ2n) is 2.35. The molecule has 0 bridgehead atoms. The van der Waals surface area contributed by atoms with Crippen molar-refractivity contribution in [2.75, 3.05) is 19.3 Å². The Morgan fingerprint density at radius 3 is 3.08 bits per heavy atom. The molecule has 0 aliphatic heterocycles. The van der Waals surface area contributed by atoms with Crippen LogP contribution in [0, 0.1) is 0 Å². The number of thioether (sulfide) groups is 1. The minimum absolute atomic E-state index is 1.01. The third-order valence-corrected chi connectivity index (χ3v) is 2.36. The Bertz CT molecular complexity index is 203. The topological polar surface area (TPSA) is 37.8 Å². The molecule has 4 heteroatoms. The molecular weight excluding hydrogens is 170 g/mol. The van der Waals surface area contributed by atoms with Crippen LogP contribution in [0.4, 0.5) is 0 Å². The van der Waals surface area contributed by atoms with E-state index in [0.29, 0.717) is 0 Å². The van der Waals surface area contributed by atoms with Crippen LogP contribution in [0.2, 0.25) is 0 Å². The molecule has 0 fully saturated rings. The molecule has 0 atom stereocenters. The van der Waals surface area contributed by atoms with Crippen LogP contribution < -0.4 is 5.32 Å². The van der Waals surface area contributed by atoms with Crippen molar-refractivity contribution in [2.24, 2.45) is 0 Å². The maximum atomic E-state index is 4.16. The Balaban J connectivity index is 2.16. The highest BCUT2D eigenvalue weighted by Gasteiger charge is 1.92. The molecule has 1 aromatic heterocycles. The van der Waals surface area contributed by atoms with Crippen molar-refractivity contribution in [1.29, 1.82) is 0 Å². The molecule has 0 aliphatic rings. The molecule has 0 amide bonds. The van der Waals surface area contributed by atoms with Crippen LogP contribution in [0.5, 0.6) is 0 Å². The highest BCUT2D eigenvalue weighted by atomic mass is 32.2. The number of nitrogens with zero attached hydrogens (tertiary/aromatic N) is 2. The number of aromatic nitrogens is 2. The molecule has 1 N–H and O–H groups in total. The van der Waals surface area contributed by atoms with E-state index in [1.807, 2.05) is 7.05 Å². The van der Waals surface area contributed by atoms with E-state index in [-0.39, 0.29) is 0 Å². The van der Waals surface area contributed by atoms with E-state index >= 15 is 0 Å². The van der Waals surface area contributed by atoms with Crippen molar-refractivity contribution < 1.29 is 0 Å². The highest BCUT2D eigenvalue weighted by molar-refractivity contribution is 7.99. The van der Waals surface area contributed by atoms with E-state index in [1.54, 1.807) is 30.4 Å². The van der Waals surface area contributed by atoms with Gasteiger partial charge in [-0.2, -0.15) is 0 Å². The van der Waals surface area contributed by atoms with Gasteiger partial charge in [0.25, 0.3) is 0 Å². The molecule has 3 nitrogen and oxygen atoms in total. The number of hydrogen-bond donors (Lipinski definition) is 1. The van der Waals surface area contributed by atoms with Crippen molar-refractivity contribution in [3.05, 3.63) is 18.6 Å². The van der Waals surface area contributed by atoms with Crippen molar-refractivity contribution in [2.45, 2.75) is 11.4 Å². The van der Waals surface area contributed by atoms with Gasteiger partial charge in [0.2, 0.25) is 0 Å². The summed E-state index contributed by atoms with van der Waals surface area (Å²) in [5.41, 5.74) is 0. The third-order valence-electron chi connectivity index (χ3n) is 1.36. The second-order valence-corrected chi connectivity index (χ2v) is 3.46. The molecule has 1 heterocycles. The maximum Gasteiger partial charge on any atom is 0.114 e. The molecule has 1 rings (SSSR count). The SMILES string of the molecule is CNCCCSc1cnccn1. The molecule has 0 spiro atoms. The lowest BCUT2D eigenvalue weighted by Gasteiger charge is -1.98. The van der Waals surface area contributed by atoms with Crippen LogP contribution in [-0.2, 0) is 0 Å². The Labute approximate surface area is 77.0 Å². The van der Waals surface area contributed by atoms with Gasteiger partial charge >= 0.3 is 0 Å². The molecule has 0 saturated heterocycles. The van der Waals surface area contributed by atoms with E-state index in [1.165, 1.54) is 0 Å². The third kappa shape index (κ3) is 3.69. The largest absolute Gasteiger partial charge is 0.320 e. The molecule has 1 aromatic rings.